The van der Waals surface area contributed by atoms with Crippen LogP contribution in [0.1, 0.15) is 5.01 Å². The van der Waals surface area contributed by atoms with E-state index in [-0.39, 0.29) is 0 Å². The summed E-state index contributed by atoms with van der Waals surface area (Å²) in [6.07, 6.45) is 8.72. The van der Waals surface area contributed by atoms with Crippen molar-refractivity contribution >= 4 is 29.1 Å². The summed E-state index contributed by atoms with van der Waals surface area (Å²) in [5.41, 5.74) is 6.29. The van der Waals surface area contributed by atoms with Gasteiger partial charge in [0.25, 0.3) is 0 Å². The predicted molar refractivity (Wildman–Crippen MR) is 87.8 cm³/mol. The van der Waals surface area contributed by atoms with Gasteiger partial charge in [-0.25, -0.2) is 9.97 Å². The van der Waals surface area contributed by atoms with E-state index in [9.17, 15) is 0 Å². The summed E-state index contributed by atoms with van der Waals surface area (Å²) in [7, 11) is 1.83. The van der Waals surface area contributed by atoms with Gasteiger partial charge in [-0.3, -0.25) is 4.99 Å². The summed E-state index contributed by atoms with van der Waals surface area (Å²) in [4.78, 5) is 15.0. The third-order valence-electron chi connectivity index (χ3n) is 2.69. The van der Waals surface area contributed by atoms with Gasteiger partial charge in [0.15, 0.2) is 5.82 Å². The summed E-state index contributed by atoms with van der Waals surface area (Å²) >= 11 is 1.62. The number of thiazole rings is 1. The average molecular weight is 302 g/mol. The Morgan fingerprint density at radius 2 is 2.33 bits per heavy atom. The molecule has 2 aromatic rings. The molecule has 6 nitrogen and oxygen atoms in total. The van der Waals surface area contributed by atoms with E-state index < -0.39 is 0 Å². The van der Waals surface area contributed by atoms with Gasteiger partial charge < -0.3 is 16.0 Å². The van der Waals surface area contributed by atoms with Crippen molar-refractivity contribution in [1.29, 1.82) is 0 Å². The van der Waals surface area contributed by atoms with E-state index in [1.807, 2.05) is 41.9 Å². The Morgan fingerprint density at radius 3 is 3.05 bits per heavy atom. The molecule has 7 heteroatoms. The molecule has 0 saturated carbocycles. The lowest BCUT2D eigenvalue weighted by Gasteiger charge is -2.16. The fraction of sp³-hybridized carbons (Fsp3) is 0.214. The highest BCUT2D eigenvalue weighted by Gasteiger charge is 2.02. The van der Waals surface area contributed by atoms with Gasteiger partial charge in [0.2, 0.25) is 0 Å². The van der Waals surface area contributed by atoms with Crippen molar-refractivity contribution in [3.63, 3.8) is 0 Å². The lowest BCUT2D eigenvalue weighted by molar-refractivity contribution is 0.422. The topological polar surface area (TPSA) is 79.4 Å². The quantitative estimate of drug-likeness (QED) is 0.767. The molecule has 3 N–H and O–H groups in total. The van der Waals surface area contributed by atoms with Crippen LogP contribution in [0.5, 0.6) is 0 Å². The van der Waals surface area contributed by atoms with Crippen LogP contribution in [0.4, 0.5) is 11.5 Å². The summed E-state index contributed by atoms with van der Waals surface area (Å²) < 4.78 is 0. The van der Waals surface area contributed by atoms with Crippen molar-refractivity contribution in [3.05, 3.63) is 47.3 Å². The molecule has 0 aromatic carbocycles. The number of hydrogen-bond donors (Lipinski definition) is 2. The number of anilines is 1. The zero-order valence-electron chi connectivity index (χ0n) is 11.8. The van der Waals surface area contributed by atoms with Crippen LogP contribution < -0.4 is 11.1 Å². The number of aliphatic imine (C=N–C) groups is 1. The molecular weight excluding hydrogens is 284 g/mol. The maximum absolute atomic E-state index is 5.48. The summed E-state index contributed by atoms with van der Waals surface area (Å²) in [6.45, 7) is 1.36. The second-order valence-electron chi connectivity index (χ2n) is 4.13. The van der Waals surface area contributed by atoms with E-state index in [1.54, 1.807) is 23.7 Å². The molecule has 110 valence electrons. The Bertz CT molecular complexity index is 593. The molecule has 0 aliphatic carbocycles. The minimum atomic E-state index is 0.644. The maximum atomic E-state index is 5.48. The summed E-state index contributed by atoms with van der Waals surface area (Å²) in [6, 6.07) is 3.78. The average Bonchev–Trinajstić information content (AvgIpc) is 3.01. The fourth-order valence-corrected chi connectivity index (χ4v) is 2.38. The second-order valence-corrected chi connectivity index (χ2v) is 5.11. The van der Waals surface area contributed by atoms with E-state index in [2.05, 4.69) is 20.3 Å². The zero-order valence-corrected chi connectivity index (χ0v) is 12.6. The first kappa shape index (κ1) is 15.0. The molecule has 0 radical (unpaired) electrons. The van der Waals surface area contributed by atoms with Crippen molar-refractivity contribution in [2.45, 2.75) is 6.54 Å². The van der Waals surface area contributed by atoms with Gasteiger partial charge in [0, 0.05) is 43.4 Å². The number of nitrogens with one attached hydrogen (secondary N) is 1. The maximum Gasteiger partial charge on any atom is 0.151 e. The third kappa shape index (κ3) is 4.57. The largest absolute Gasteiger partial charge is 0.403 e. The Hall–Kier alpha value is -2.41. The van der Waals surface area contributed by atoms with Gasteiger partial charge in [-0.2, -0.15) is 0 Å². The molecule has 0 bridgehead atoms. The van der Waals surface area contributed by atoms with Gasteiger partial charge in [0.05, 0.1) is 13.1 Å². The fourth-order valence-electron chi connectivity index (χ4n) is 1.74. The molecule has 0 atom stereocenters. The monoisotopic (exact) mass is 302 g/mol. The van der Waals surface area contributed by atoms with E-state index in [0.29, 0.717) is 13.1 Å². The molecule has 2 rings (SSSR count). The van der Waals surface area contributed by atoms with Crippen LogP contribution in [-0.2, 0) is 6.54 Å². The second kappa shape index (κ2) is 8.01. The van der Waals surface area contributed by atoms with Gasteiger partial charge in [0.1, 0.15) is 10.7 Å². The van der Waals surface area contributed by atoms with Crippen LogP contribution in [0.2, 0.25) is 0 Å². The van der Waals surface area contributed by atoms with E-state index in [1.165, 1.54) is 6.20 Å². The van der Waals surface area contributed by atoms with Crippen LogP contribution in [0, 0.1) is 0 Å². The number of aromatic nitrogens is 2. The summed E-state index contributed by atoms with van der Waals surface area (Å²) in [5.74, 6) is 0.759. The standard InChI is InChI=1S/C14H18N6S/c1-16-14-12(3-2-5-19-14)17-6-9-20(8-4-15)11-13-18-7-10-21-13/h2-8,10H,9,11,15H2,1H3,(H,16,19)/b8-4-,17-6?. The number of rotatable bonds is 7. The molecule has 0 saturated heterocycles. The molecule has 21 heavy (non-hydrogen) atoms. The number of nitrogens with two attached hydrogens (primary N) is 1. The van der Waals surface area contributed by atoms with E-state index in [4.69, 9.17) is 5.73 Å². The highest BCUT2D eigenvalue weighted by molar-refractivity contribution is 7.09. The highest BCUT2D eigenvalue weighted by Crippen LogP contribution is 2.20. The molecule has 0 fully saturated rings. The van der Waals surface area contributed by atoms with Crippen molar-refractivity contribution in [2.75, 3.05) is 18.9 Å². The Morgan fingerprint density at radius 1 is 1.43 bits per heavy atom. The lowest BCUT2D eigenvalue weighted by atomic mass is 10.4. The van der Waals surface area contributed by atoms with Gasteiger partial charge in [-0.05, 0) is 12.1 Å². The van der Waals surface area contributed by atoms with Crippen molar-refractivity contribution in [2.24, 2.45) is 10.7 Å². The first-order valence-corrected chi connectivity index (χ1v) is 7.37. The third-order valence-corrected chi connectivity index (χ3v) is 3.45. The first-order valence-electron chi connectivity index (χ1n) is 6.49. The Balaban J connectivity index is 1.99. The van der Waals surface area contributed by atoms with Crippen molar-refractivity contribution in [3.8, 4) is 0 Å². The molecule has 0 aliphatic rings. The van der Waals surface area contributed by atoms with Gasteiger partial charge in [-0.15, -0.1) is 11.3 Å². The first-order chi connectivity index (χ1) is 10.3. The number of hydrogen-bond acceptors (Lipinski definition) is 7. The molecular formula is C14H18N6S. The number of pyridine rings is 1. The smallest absolute Gasteiger partial charge is 0.151 e. The normalized spacial score (nSPS) is 11.3. The Kier molecular flexibility index (Phi) is 5.71. The summed E-state index contributed by atoms with van der Waals surface area (Å²) in [5, 5.41) is 6.02. The van der Waals surface area contributed by atoms with Crippen LogP contribution in [0.15, 0.2) is 47.3 Å². The van der Waals surface area contributed by atoms with E-state index in [0.717, 1.165) is 16.5 Å². The number of nitrogens with zero attached hydrogens (tertiary/aromatic N) is 4. The molecule has 2 aromatic heterocycles. The van der Waals surface area contributed by atoms with Crippen LogP contribution in [0.25, 0.3) is 0 Å². The lowest BCUT2D eigenvalue weighted by Crippen LogP contribution is -2.19. The SMILES string of the molecule is CNc1ncccc1N=CCN(/C=C\N)Cc1nccs1. The van der Waals surface area contributed by atoms with E-state index >= 15 is 0 Å². The predicted octanol–water partition coefficient (Wildman–Crippen LogP) is 2.21. The van der Waals surface area contributed by atoms with Crippen molar-refractivity contribution < 1.29 is 0 Å². The zero-order chi connectivity index (χ0) is 14.9. The highest BCUT2D eigenvalue weighted by atomic mass is 32.1. The molecule has 0 spiro atoms. The molecule has 0 amide bonds. The minimum absolute atomic E-state index is 0.644. The molecule has 0 aliphatic heterocycles. The van der Waals surface area contributed by atoms with Crippen LogP contribution in [-0.4, -0.2) is 34.7 Å². The van der Waals surface area contributed by atoms with Crippen molar-refractivity contribution in [1.82, 2.24) is 14.9 Å². The van der Waals surface area contributed by atoms with Gasteiger partial charge >= 0.3 is 0 Å². The molecule has 0 unspecified atom stereocenters. The Labute approximate surface area is 128 Å². The molecule has 2 heterocycles. The van der Waals surface area contributed by atoms with Gasteiger partial charge in [-0.1, -0.05) is 0 Å². The van der Waals surface area contributed by atoms with Crippen LogP contribution in [0.3, 0.4) is 0 Å². The van der Waals surface area contributed by atoms with Crippen LogP contribution >= 0.6 is 11.3 Å². The minimum Gasteiger partial charge on any atom is -0.403 e.